The maximum absolute atomic E-state index is 6.20. The van der Waals surface area contributed by atoms with E-state index in [1.54, 1.807) is 0 Å². The normalized spacial score (nSPS) is 12.6. The highest BCUT2D eigenvalue weighted by molar-refractivity contribution is 5.42. The fourth-order valence-electron chi connectivity index (χ4n) is 2.18. The van der Waals surface area contributed by atoms with Crippen molar-refractivity contribution < 1.29 is 0 Å². The van der Waals surface area contributed by atoms with Crippen LogP contribution < -0.4 is 5.73 Å². The standard InChI is InChI=1S/C15H22N4/c1-4-12(16)11-9-7-8-10-13(11)19-15(6-3)17-14(5-2)18-19/h7-10,12H,4-6,16H2,1-3H3/t12-/m1/s1. The number of hydrogen-bond donors (Lipinski definition) is 1. The number of hydrogen-bond acceptors (Lipinski definition) is 3. The summed E-state index contributed by atoms with van der Waals surface area (Å²) in [6.07, 6.45) is 2.62. The first-order chi connectivity index (χ1) is 9.21. The number of nitrogens with two attached hydrogens (primary N) is 1. The number of benzene rings is 1. The first-order valence-corrected chi connectivity index (χ1v) is 7.00. The van der Waals surface area contributed by atoms with E-state index in [0.717, 1.165) is 42.2 Å². The molecule has 1 aromatic carbocycles. The van der Waals surface area contributed by atoms with Crippen LogP contribution in [0.5, 0.6) is 0 Å². The Balaban J connectivity index is 2.55. The smallest absolute Gasteiger partial charge is 0.151 e. The van der Waals surface area contributed by atoms with Gasteiger partial charge in [0, 0.05) is 18.9 Å². The Hall–Kier alpha value is -1.68. The lowest BCUT2D eigenvalue weighted by Gasteiger charge is -2.15. The number of nitrogens with zero attached hydrogens (tertiary/aromatic N) is 3. The van der Waals surface area contributed by atoms with E-state index in [-0.39, 0.29) is 6.04 Å². The molecule has 0 radical (unpaired) electrons. The Morgan fingerprint density at radius 3 is 2.53 bits per heavy atom. The van der Waals surface area contributed by atoms with Crippen LogP contribution in [0.25, 0.3) is 5.69 Å². The molecule has 102 valence electrons. The Bertz CT molecular complexity index is 545. The van der Waals surface area contributed by atoms with Crippen molar-refractivity contribution in [2.45, 2.75) is 46.1 Å². The van der Waals surface area contributed by atoms with E-state index < -0.39 is 0 Å². The Morgan fingerprint density at radius 2 is 1.89 bits per heavy atom. The van der Waals surface area contributed by atoms with Gasteiger partial charge >= 0.3 is 0 Å². The zero-order valence-corrected chi connectivity index (χ0v) is 11.9. The molecule has 0 saturated carbocycles. The predicted molar refractivity (Wildman–Crippen MR) is 77.3 cm³/mol. The molecule has 4 nitrogen and oxygen atoms in total. The molecule has 0 amide bonds. The second-order valence-corrected chi connectivity index (χ2v) is 4.64. The molecule has 0 saturated heterocycles. The van der Waals surface area contributed by atoms with E-state index in [9.17, 15) is 0 Å². The molecule has 2 aromatic rings. The molecule has 1 aromatic heterocycles. The summed E-state index contributed by atoms with van der Waals surface area (Å²) in [5.74, 6) is 1.88. The average Bonchev–Trinajstić information content (AvgIpc) is 2.89. The van der Waals surface area contributed by atoms with E-state index in [0.29, 0.717) is 0 Å². The zero-order valence-electron chi connectivity index (χ0n) is 11.9. The van der Waals surface area contributed by atoms with Crippen LogP contribution in [0.4, 0.5) is 0 Å². The highest BCUT2D eigenvalue weighted by Crippen LogP contribution is 2.23. The number of aryl methyl sites for hydroxylation is 2. The van der Waals surface area contributed by atoms with Gasteiger partial charge in [-0.2, -0.15) is 5.10 Å². The highest BCUT2D eigenvalue weighted by atomic mass is 15.4. The van der Waals surface area contributed by atoms with Crippen molar-refractivity contribution in [3.8, 4) is 5.69 Å². The summed E-state index contributed by atoms with van der Waals surface area (Å²) < 4.78 is 1.95. The van der Waals surface area contributed by atoms with E-state index >= 15 is 0 Å². The monoisotopic (exact) mass is 258 g/mol. The van der Waals surface area contributed by atoms with Gasteiger partial charge in [0.2, 0.25) is 0 Å². The maximum atomic E-state index is 6.20. The molecular formula is C15H22N4. The lowest BCUT2D eigenvalue weighted by molar-refractivity contribution is 0.679. The van der Waals surface area contributed by atoms with Crippen LogP contribution >= 0.6 is 0 Å². The fourth-order valence-corrected chi connectivity index (χ4v) is 2.18. The van der Waals surface area contributed by atoms with E-state index in [4.69, 9.17) is 5.73 Å². The molecule has 0 aliphatic rings. The second kappa shape index (κ2) is 5.97. The van der Waals surface area contributed by atoms with Crippen LogP contribution in [0.2, 0.25) is 0 Å². The largest absolute Gasteiger partial charge is 0.324 e. The quantitative estimate of drug-likeness (QED) is 0.897. The average molecular weight is 258 g/mol. The lowest BCUT2D eigenvalue weighted by atomic mass is 10.0. The molecule has 0 aliphatic heterocycles. The van der Waals surface area contributed by atoms with Crippen molar-refractivity contribution in [1.82, 2.24) is 14.8 Å². The first kappa shape index (κ1) is 13.7. The van der Waals surface area contributed by atoms with Crippen molar-refractivity contribution in [3.05, 3.63) is 41.5 Å². The summed E-state index contributed by atoms with van der Waals surface area (Å²) in [5.41, 5.74) is 8.39. The molecular weight excluding hydrogens is 236 g/mol. The molecule has 2 rings (SSSR count). The van der Waals surface area contributed by atoms with Crippen molar-refractivity contribution >= 4 is 0 Å². The Morgan fingerprint density at radius 1 is 1.16 bits per heavy atom. The summed E-state index contributed by atoms with van der Waals surface area (Å²) in [6, 6.07) is 8.23. The van der Waals surface area contributed by atoms with E-state index in [2.05, 4.69) is 43.0 Å². The maximum Gasteiger partial charge on any atom is 0.151 e. The van der Waals surface area contributed by atoms with Gasteiger partial charge in [-0.1, -0.05) is 39.0 Å². The minimum Gasteiger partial charge on any atom is -0.324 e. The number of rotatable bonds is 5. The van der Waals surface area contributed by atoms with E-state index in [1.165, 1.54) is 0 Å². The topological polar surface area (TPSA) is 56.7 Å². The summed E-state index contributed by atoms with van der Waals surface area (Å²) in [4.78, 5) is 4.56. The molecule has 19 heavy (non-hydrogen) atoms. The second-order valence-electron chi connectivity index (χ2n) is 4.64. The third-order valence-corrected chi connectivity index (χ3v) is 3.35. The lowest BCUT2D eigenvalue weighted by Crippen LogP contribution is -2.14. The van der Waals surface area contributed by atoms with Gasteiger partial charge in [0.1, 0.15) is 5.82 Å². The van der Waals surface area contributed by atoms with Gasteiger partial charge in [-0.05, 0) is 18.1 Å². The third kappa shape index (κ3) is 2.68. The van der Waals surface area contributed by atoms with Gasteiger partial charge in [-0.15, -0.1) is 0 Å². The zero-order chi connectivity index (χ0) is 13.8. The molecule has 0 aliphatic carbocycles. The third-order valence-electron chi connectivity index (χ3n) is 3.35. The summed E-state index contributed by atoms with van der Waals surface area (Å²) in [5, 5.41) is 4.60. The van der Waals surface area contributed by atoms with Gasteiger partial charge in [0.25, 0.3) is 0 Å². The van der Waals surface area contributed by atoms with Crippen LogP contribution in [-0.2, 0) is 12.8 Å². The minimum absolute atomic E-state index is 0.0372. The SMILES string of the molecule is CCc1nc(CC)n(-c2ccccc2[C@H](N)CC)n1. The Labute approximate surface area is 114 Å². The molecule has 0 fully saturated rings. The molecule has 0 unspecified atom stereocenters. The van der Waals surface area contributed by atoms with Gasteiger partial charge in [-0.25, -0.2) is 9.67 Å². The van der Waals surface area contributed by atoms with Crippen molar-refractivity contribution in [2.75, 3.05) is 0 Å². The molecule has 0 spiro atoms. The molecule has 1 atom stereocenters. The van der Waals surface area contributed by atoms with Gasteiger partial charge in [0.05, 0.1) is 5.69 Å². The van der Waals surface area contributed by atoms with Crippen molar-refractivity contribution in [1.29, 1.82) is 0 Å². The van der Waals surface area contributed by atoms with Crippen molar-refractivity contribution in [2.24, 2.45) is 5.73 Å². The van der Waals surface area contributed by atoms with Crippen LogP contribution in [0, 0.1) is 0 Å². The molecule has 1 heterocycles. The molecule has 2 N–H and O–H groups in total. The van der Waals surface area contributed by atoms with Crippen LogP contribution in [0.1, 0.15) is 50.4 Å². The van der Waals surface area contributed by atoms with Gasteiger partial charge < -0.3 is 5.73 Å². The summed E-state index contributed by atoms with van der Waals surface area (Å²) >= 11 is 0. The number of para-hydroxylation sites is 1. The fraction of sp³-hybridized carbons (Fsp3) is 0.467. The molecule has 4 heteroatoms. The van der Waals surface area contributed by atoms with E-state index in [1.807, 2.05) is 16.8 Å². The number of aromatic nitrogens is 3. The predicted octanol–water partition coefficient (Wildman–Crippen LogP) is 2.80. The van der Waals surface area contributed by atoms with Crippen LogP contribution in [-0.4, -0.2) is 14.8 Å². The summed E-state index contributed by atoms with van der Waals surface area (Å²) in [7, 11) is 0. The first-order valence-electron chi connectivity index (χ1n) is 7.00. The van der Waals surface area contributed by atoms with Crippen molar-refractivity contribution in [3.63, 3.8) is 0 Å². The minimum atomic E-state index is 0.0372. The highest BCUT2D eigenvalue weighted by Gasteiger charge is 2.15. The Kier molecular flexibility index (Phi) is 4.32. The summed E-state index contributed by atoms with van der Waals surface area (Å²) in [6.45, 7) is 6.27. The van der Waals surface area contributed by atoms with Gasteiger partial charge in [-0.3, -0.25) is 0 Å². The molecule has 0 bridgehead atoms. The van der Waals surface area contributed by atoms with Crippen LogP contribution in [0.15, 0.2) is 24.3 Å². The van der Waals surface area contributed by atoms with Crippen LogP contribution in [0.3, 0.4) is 0 Å². The van der Waals surface area contributed by atoms with Gasteiger partial charge in [0.15, 0.2) is 5.82 Å².